The molecule has 0 atom stereocenters. The zero-order valence-corrected chi connectivity index (χ0v) is 8.08. The van der Waals surface area contributed by atoms with Crippen molar-refractivity contribution in [2.24, 2.45) is 0 Å². The van der Waals surface area contributed by atoms with Crippen LogP contribution in [0.4, 0.5) is 0 Å². The van der Waals surface area contributed by atoms with Gasteiger partial charge in [-0.15, -0.1) is 11.3 Å². The number of fused-ring (bicyclic) bond motifs is 1. The van der Waals surface area contributed by atoms with Crippen LogP contribution in [0.1, 0.15) is 21.0 Å². The van der Waals surface area contributed by atoms with E-state index in [0.717, 1.165) is 0 Å². The summed E-state index contributed by atoms with van der Waals surface area (Å²) in [5.74, 6) is -0.494. The van der Waals surface area contributed by atoms with Crippen LogP contribution >= 0.6 is 11.3 Å². The van der Waals surface area contributed by atoms with Crippen LogP contribution in [0.25, 0.3) is 4.83 Å². The van der Waals surface area contributed by atoms with Crippen molar-refractivity contribution in [3.63, 3.8) is 0 Å². The standard InChI is InChI=1S/C8H6N2O3S/c1-13-8(12)6-7-10(4-9-6)5(2-11)3-14-7/h2-4H,1H3. The van der Waals surface area contributed by atoms with Crippen molar-refractivity contribution in [2.75, 3.05) is 7.11 Å². The van der Waals surface area contributed by atoms with E-state index in [-0.39, 0.29) is 5.69 Å². The van der Waals surface area contributed by atoms with Crippen molar-refractivity contribution in [1.29, 1.82) is 0 Å². The number of hydrogen-bond donors (Lipinski definition) is 0. The summed E-state index contributed by atoms with van der Waals surface area (Å²) in [6, 6.07) is 0. The average molecular weight is 210 g/mol. The molecule has 0 radical (unpaired) electrons. The highest BCUT2D eigenvalue weighted by molar-refractivity contribution is 7.16. The predicted molar refractivity (Wildman–Crippen MR) is 49.8 cm³/mol. The molecule has 0 aliphatic heterocycles. The van der Waals surface area contributed by atoms with Crippen LogP contribution in [0.15, 0.2) is 11.7 Å². The van der Waals surface area contributed by atoms with Gasteiger partial charge in [0.25, 0.3) is 0 Å². The molecule has 0 unspecified atom stereocenters. The smallest absolute Gasteiger partial charge is 0.359 e. The molecule has 0 spiro atoms. The summed E-state index contributed by atoms with van der Waals surface area (Å²) in [5, 5.41) is 1.66. The number of nitrogens with zero attached hydrogens (tertiary/aromatic N) is 2. The van der Waals surface area contributed by atoms with Crippen molar-refractivity contribution in [2.45, 2.75) is 0 Å². The Bertz CT molecular complexity index is 500. The summed E-state index contributed by atoms with van der Waals surface area (Å²) in [6.07, 6.45) is 2.15. The van der Waals surface area contributed by atoms with E-state index in [4.69, 9.17) is 0 Å². The van der Waals surface area contributed by atoms with E-state index in [0.29, 0.717) is 16.8 Å². The SMILES string of the molecule is COC(=O)c1ncn2c(C=O)csc12. The van der Waals surface area contributed by atoms with Gasteiger partial charge in [-0.1, -0.05) is 0 Å². The number of carbonyl (C=O) groups is 2. The number of ether oxygens (including phenoxy) is 1. The number of thiazole rings is 1. The van der Waals surface area contributed by atoms with Crippen molar-refractivity contribution >= 4 is 28.4 Å². The van der Waals surface area contributed by atoms with E-state index in [1.54, 1.807) is 9.78 Å². The molecule has 5 nitrogen and oxygen atoms in total. The van der Waals surface area contributed by atoms with Gasteiger partial charge in [-0.3, -0.25) is 9.20 Å². The number of aromatic nitrogens is 2. The van der Waals surface area contributed by atoms with E-state index in [9.17, 15) is 9.59 Å². The van der Waals surface area contributed by atoms with Gasteiger partial charge in [0.05, 0.1) is 12.8 Å². The minimum absolute atomic E-state index is 0.241. The van der Waals surface area contributed by atoms with Gasteiger partial charge in [0.15, 0.2) is 12.0 Å². The molecule has 6 heteroatoms. The summed E-state index contributed by atoms with van der Waals surface area (Å²) < 4.78 is 6.11. The number of methoxy groups -OCH3 is 1. The van der Waals surface area contributed by atoms with Gasteiger partial charge in [0, 0.05) is 5.38 Å². The molecule has 2 heterocycles. The fraction of sp³-hybridized carbons (Fsp3) is 0.125. The first-order valence-electron chi connectivity index (χ1n) is 3.76. The van der Waals surface area contributed by atoms with Crippen LogP contribution < -0.4 is 0 Å². The average Bonchev–Trinajstić information content (AvgIpc) is 2.76. The number of imidazole rings is 1. The summed E-state index contributed by atoms with van der Waals surface area (Å²) in [4.78, 5) is 26.3. The second kappa shape index (κ2) is 3.22. The van der Waals surface area contributed by atoms with Gasteiger partial charge < -0.3 is 4.74 Å². The second-order valence-electron chi connectivity index (χ2n) is 2.54. The van der Waals surface area contributed by atoms with E-state index >= 15 is 0 Å². The van der Waals surface area contributed by atoms with Gasteiger partial charge >= 0.3 is 5.97 Å². The maximum absolute atomic E-state index is 11.2. The van der Waals surface area contributed by atoms with Crippen LogP contribution in [0, 0.1) is 0 Å². The zero-order valence-electron chi connectivity index (χ0n) is 7.26. The fourth-order valence-corrected chi connectivity index (χ4v) is 2.04. The lowest BCUT2D eigenvalue weighted by Gasteiger charge is -1.91. The molecule has 0 aliphatic rings. The Morgan fingerprint density at radius 3 is 3.14 bits per heavy atom. The monoisotopic (exact) mass is 210 g/mol. The van der Waals surface area contributed by atoms with Gasteiger partial charge in [-0.2, -0.15) is 0 Å². The molecular weight excluding hydrogens is 204 g/mol. The second-order valence-corrected chi connectivity index (χ2v) is 3.40. The summed E-state index contributed by atoms with van der Waals surface area (Å²) in [6.45, 7) is 0. The lowest BCUT2D eigenvalue weighted by Crippen LogP contribution is -2.01. The topological polar surface area (TPSA) is 60.7 Å². The third-order valence-corrected chi connectivity index (χ3v) is 2.77. The summed E-state index contributed by atoms with van der Waals surface area (Å²) in [5.41, 5.74) is 0.721. The molecule has 0 N–H and O–H groups in total. The number of carbonyl (C=O) groups excluding carboxylic acids is 2. The van der Waals surface area contributed by atoms with Crippen LogP contribution in [0.5, 0.6) is 0 Å². The van der Waals surface area contributed by atoms with Crippen molar-refractivity contribution in [3.05, 3.63) is 23.1 Å². The Balaban J connectivity index is 2.64. The number of esters is 1. The molecule has 0 fully saturated rings. The molecule has 2 aromatic rings. The first kappa shape index (κ1) is 8.89. The maximum atomic E-state index is 11.2. The van der Waals surface area contributed by atoms with Crippen molar-refractivity contribution in [1.82, 2.24) is 9.38 Å². The summed E-state index contributed by atoms with van der Waals surface area (Å²) >= 11 is 1.28. The third-order valence-electron chi connectivity index (χ3n) is 1.79. The van der Waals surface area contributed by atoms with Gasteiger partial charge in [-0.25, -0.2) is 9.78 Å². The van der Waals surface area contributed by atoms with Gasteiger partial charge in [0.2, 0.25) is 0 Å². The van der Waals surface area contributed by atoms with Crippen LogP contribution in [0.3, 0.4) is 0 Å². The third kappa shape index (κ3) is 1.12. The number of rotatable bonds is 2. The fourth-order valence-electron chi connectivity index (χ4n) is 1.13. The molecule has 2 aromatic heterocycles. The minimum atomic E-state index is -0.494. The van der Waals surface area contributed by atoms with Crippen molar-refractivity contribution in [3.8, 4) is 0 Å². The van der Waals surface area contributed by atoms with Crippen LogP contribution in [-0.2, 0) is 4.74 Å². The Morgan fingerprint density at radius 2 is 2.50 bits per heavy atom. The Morgan fingerprint density at radius 1 is 1.71 bits per heavy atom. The first-order chi connectivity index (χ1) is 6.77. The summed E-state index contributed by atoms with van der Waals surface area (Å²) in [7, 11) is 1.29. The van der Waals surface area contributed by atoms with E-state index in [1.165, 1.54) is 24.8 Å². The molecule has 0 aromatic carbocycles. The quantitative estimate of drug-likeness (QED) is 0.548. The molecule has 14 heavy (non-hydrogen) atoms. The zero-order chi connectivity index (χ0) is 10.1. The lowest BCUT2D eigenvalue weighted by molar-refractivity contribution is 0.0597. The lowest BCUT2D eigenvalue weighted by atomic mass is 10.5. The first-order valence-corrected chi connectivity index (χ1v) is 4.64. The molecular formula is C8H6N2O3S. The van der Waals surface area contributed by atoms with Crippen molar-refractivity contribution < 1.29 is 14.3 Å². The van der Waals surface area contributed by atoms with Crippen LogP contribution in [0.2, 0.25) is 0 Å². The highest BCUT2D eigenvalue weighted by Crippen LogP contribution is 2.19. The number of aldehydes is 1. The Labute approximate surface area is 82.9 Å². The normalized spacial score (nSPS) is 10.4. The van der Waals surface area contributed by atoms with Gasteiger partial charge in [0.1, 0.15) is 11.2 Å². The van der Waals surface area contributed by atoms with Crippen LogP contribution in [-0.4, -0.2) is 28.7 Å². The predicted octanol–water partition coefficient (Wildman–Crippen LogP) is 0.995. The number of hydrogen-bond acceptors (Lipinski definition) is 5. The Hall–Kier alpha value is -1.69. The Kier molecular flexibility index (Phi) is 2.05. The molecule has 0 bridgehead atoms. The molecule has 72 valence electrons. The van der Waals surface area contributed by atoms with E-state index in [1.807, 2.05) is 0 Å². The largest absolute Gasteiger partial charge is 0.464 e. The maximum Gasteiger partial charge on any atom is 0.359 e. The highest BCUT2D eigenvalue weighted by atomic mass is 32.1. The van der Waals surface area contributed by atoms with E-state index < -0.39 is 5.97 Å². The molecule has 0 saturated heterocycles. The molecule has 0 amide bonds. The molecule has 0 aliphatic carbocycles. The van der Waals surface area contributed by atoms with E-state index in [2.05, 4.69) is 9.72 Å². The minimum Gasteiger partial charge on any atom is -0.464 e. The highest BCUT2D eigenvalue weighted by Gasteiger charge is 2.16. The molecule has 2 rings (SSSR count). The molecule has 0 saturated carbocycles. The van der Waals surface area contributed by atoms with Gasteiger partial charge in [-0.05, 0) is 0 Å².